The van der Waals surface area contributed by atoms with Crippen LogP contribution in [0.4, 0.5) is 0 Å². The third-order valence-electron chi connectivity index (χ3n) is 7.10. The van der Waals surface area contributed by atoms with Gasteiger partial charge in [-0.15, -0.1) is 0 Å². The third-order valence-corrected chi connectivity index (χ3v) is 7.10. The molecule has 0 radical (unpaired) electrons. The number of fused-ring (bicyclic) bond motifs is 1. The van der Waals surface area contributed by atoms with Gasteiger partial charge in [-0.25, -0.2) is 0 Å². The van der Waals surface area contributed by atoms with E-state index in [9.17, 15) is 9.59 Å². The first-order valence-corrected chi connectivity index (χ1v) is 9.71. The minimum atomic E-state index is -0.0699. The molecule has 3 fully saturated rings. The molecule has 3 rings (SSSR count). The largest absolute Gasteiger partial charge is 0.465 e. The van der Waals surface area contributed by atoms with Gasteiger partial charge in [-0.1, -0.05) is 33.1 Å². The maximum Gasteiger partial charge on any atom is 0.308 e. The number of rotatable bonds is 4. The lowest BCUT2D eigenvalue weighted by molar-refractivity contribution is -0.154. The molecule has 0 bridgehead atoms. The molecule has 0 spiro atoms. The molecule has 4 atom stereocenters. The van der Waals surface area contributed by atoms with Crippen LogP contribution in [-0.4, -0.2) is 18.4 Å². The molecule has 0 saturated heterocycles. The summed E-state index contributed by atoms with van der Waals surface area (Å²) in [4.78, 5) is 24.8. The molecule has 0 amide bonds. The summed E-state index contributed by atoms with van der Waals surface area (Å²) in [5.41, 5.74) is 0.0264. The van der Waals surface area contributed by atoms with Gasteiger partial charge in [-0.2, -0.15) is 0 Å². The van der Waals surface area contributed by atoms with E-state index >= 15 is 0 Å². The first-order chi connectivity index (χ1) is 11.0. The predicted molar refractivity (Wildman–Crippen MR) is 89.9 cm³/mol. The normalized spacial score (nSPS) is 36.5. The molecule has 3 nitrogen and oxygen atoms in total. The van der Waals surface area contributed by atoms with Crippen molar-refractivity contribution in [1.29, 1.82) is 0 Å². The molecule has 3 aliphatic carbocycles. The van der Waals surface area contributed by atoms with Crippen LogP contribution in [0, 0.1) is 29.1 Å². The zero-order valence-electron chi connectivity index (χ0n) is 14.8. The highest BCUT2D eigenvalue weighted by Crippen LogP contribution is 2.56. The van der Waals surface area contributed by atoms with Crippen molar-refractivity contribution in [3.8, 4) is 0 Å². The molecule has 130 valence electrons. The topological polar surface area (TPSA) is 43.4 Å². The predicted octanol–water partition coefficient (Wildman–Crippen LogP) is 4.53. The van der Waals surface area contributed by atoms with Crippen LogP contribution in [0.1, 0.15) is 78.1 Å². The summed E-state index contributed by atoms with van der Waals surface area (Å²) in [5.74, 6) is 1.41. The van der Waals surface area contributed by atoms with Crippen LogP contribution in [0.5, 0.6) is 0 Å². The van der Waals surface area contributed by atoms with E-state index < -0.39 is 0 Å². The second-order valence-corrected chi connectivity index (χ2v) is 8.48. The summed E-state index contributed by atoms with van der Waals surface area (Å²) in [5, 5.41) is 0. The molecule has 0 aromatic carbocycles. The van der Waals surface area contributed by atoms with E-state index in [-0.39, 0.29) is 23.2 Å². The highest BCUT2D eigenvalue weighted by molar-refractivity contribution is 5.83. The maximum absolute atomic E-state index is 12.6. The van der Waals surface area contributed by atoms with Crippen LogP contribution in [0.3, 0.4) is 0 Å². The van der Waals surface area contributed by atoms with Crippen molar-refractivity contribution in [2.24, 2.45) is 29.1 Å². The summed E-state index contributed by atoms with van der Waals surface area (Å²) in [6.07, 6.45) is 11.1. The van der Waals surface area contributed by atoms with Gasteiger partial charge >= 0.3 is 5.97 Å². The minimum Gasteiger partial charge on any atom is -0.465 e. The molecule has 23 heavy (non-hydrogen) atoms. The number of ether oxygens (including phenoxy) is 1. The highest BCUT2D eigenvalue weighted by atomic mass is 16.5. The van der Waals surface area contributed by atoms with Crippen molar-refractivity contribution >= 4 is 11.8 Å². The second kappa shape index (κ2) is 6.94. The molecular weight excluding hydrogens is 288 g/mol. The average Bonchev–Trinajstić information content (AvgIpc) is 2.91. The van der Waals surface area contributed by atoms with E-state index in [1.54, 1.807) is 0 Å². The monoisotopic (exact) mass is 320 g/mol. The quantitative estimate of drug-likeness (QED) is 0.715. The zero-order chi connectivity index (χ0) is 16.4. The molecule has 0 heterocycles. The Labute approximate surface area is 140 Å². The molecule has 3 saturated carbocycles. The highest BCUT2D eigenvalue weighted by Gasteiger charge is 2.53. The number of Topliss-reactive ketones (excluding diaryl/α,β-unsaturated/α-hetero) is 1. The van der Waals surface area contributed by atoms with E-state index in [0.29, 0.717) is 24.2 Å². The fourth-order valence-corrected chi connectivity index (χ4v) is 5.64. The fourth-order valence-electron chi connectivity index (χ4n) is 5.64. The minimum absolute atomic E-state index is 0.0264. The van der Waals surface area contributed by atoms with Crippen LogP contribution < -0.4 is 0 Å². The first kappa shape index (κ1) is 17.0. The molecule has 0 aromatic heterocycles. The Morgan fingerprint density at radius 3 is 2.65 bits per heavy atom. The molecule has 0 unspecified atom stereocenters. The summed E-state index contributed by atoms with van der Waals surface area (Å²) in [6, 6.07) is 0. The Morgan fingerprint density at radius 2 is 1.91 bits per heavy atom. The second-order valence-electron chi connectivity index (χ2n) is 8.48. The van der Waals surface area contributed by atoms with E-state index in [2.05, 4.69) is 6.92 Å². The standard InChI is InChI=1S/C20H32O3/c1-14(19(22)23-13-15-7-4-3-5-8-15)16-10-11-17-18(21)9-6-12-20(16,17)2/h14-17H,3-13H2,1-2H3/t14-,16+,17-,20-/m0/s1. The van der Waals surface area contributed by atoms with Crippen molar-refractivity contribution in [3.05, 3.63) is 0 Å². The van der Waals surface area contributed by atoms with E-state index in [0.717, 1.165) is 32.1 Å². The van der Waals surface area contributed by atoms with Crippen LogP contribution in [0.15, 0.2) is 0 Å². The number of hydrogen-bond donors (Lipinski definition) is 0. The number of carbonyl (C=O) groups is 2. The van der Waals surface area contributed by atoms with E-state index in [4.69, 9.17) is 4.74 Å². The Balaban J connectivity index is 1.57. The van der Waals surface area contributed by atoms with Crippen LogP contribution >= 0.6 is 0 Å². The maximum atomic E-state index is 12.6. The molecular formula is C20H32O3. The van der Waals surface area contributed by atoms with Gasteiger partial charge in [0.05, 0.1) is 12.5 Å². The lowest BCUT2D eigenvalue weighted by Crippen LogP contribution is -2.41. The number of ketones is 1. The Hall–Kier alpha value is -0.860. The SMILES string of the molecule is C[C@H](C(=O)OCC1CCCCC1)[C@H]1CC[C@H]2C(=O)CCC[C@@]12C. The molecule has 3 heteroatoms. The van der Waals surface area contributed by atoms with Crippen molar-refractivity contribution < 1.29 is 14.3 Å². The number of carbonyl (C=O) groups excluding carboxylic acids is 2. The smallest absolute Gasteiger partial charge is 0.308 e. The number of hydrogen-bond acceptors (Lipinski definition) is 3. The fraction of sp³-hybridized carbons (Fsp3) is 0.900. The molecule has 0 aliphatic heterocycles. The van der Waals surface area contributed by atoms with Crippen LogP contribution in [0.25, 0.3) is 0 Å². The van der Waals surface area contributed by atoms with Gasteiger partial charge in [-0.05, 0) is 55.8 Å². The lowest BCUT2D eigenvalue weighted by Gasteiger charge is -2.41. The van der Waals surface area contributed by atoms with E-state index in [1.165, 1.54) is 32.1 Å². The van der Waals surface area contributed by atoms with Gasteiger partial charge in [0.25, 0.3) is 0 Å². The molecule has 3 aliphatic rings. The van der Waals surface area contributed by atoms with Gasteiger partial charge in [0.15, 0.2) is 0 Å². The summed E-state index contributed by atoms with van der Waals surface area (Å²) in [6.45, 7) is 4.88. The van der Waals surface area contributed by atoms with Crippen molar-refractivity contribution in [2.75, 3.05) is 6.61 Å². The number of esters is 1. The van der Waals surface area contributed by atoms with Gasteiger partial charge < -0.3 is 4.74 Å². The zero-order valence-corrected chi connectivity index (χ0v) is 14.8. The van der Waals surface area contributed by atoms with Crippen LogP contribution in [0.2, 0.25) is 0 Å². The Morgan fingerprint density at radius 1 is 1.17 bits per heavy atom. The summed E-state index contributed by atoms with van der Waals surface area (Å²) >= 11 is 0. The van der Waals surface area contributed by atoms with Gasteiger partial charge in [0, 0.05) is 12.3 Å². The van der Waals surface area contributed by atoms with Crippen molar-refractivity contribution in [1.82, 2.24) is 0 Å². The van der Waals surface area contributed by atoms with Crippen molar-refractivity contribution in [3.63, 3.8) is 0 Å². The Bertz CT molecular complexity index is 452. The van der Waals surface area contributed by atoms with Crippen molar-refractivity contribution in [2.45, 2.75) is 78.1 Å². The van der Waals surface area contributed by atoms with Gasteiger partial charge in [0.1, 0.15) is 5.78 Å². The summed E-state index contributed by atoms with van der Waals surface area (Å²) < 4.78 is 5.68. The summed E-state index contributed by atoms with van der Waals surface area (Å²) in [7, 11) is 0. The Kier molecular flexibility index (Phi) is 5.13. The molecule has 0 N–H and O–H groups in total. The average molecular weight is 320 g/mol. The molecule has 0 aromatic rings. The van der Waals surface area contributed by atoms with Gasteiger partial charge in [0.2, 0.25) is 0 Å². The van der Waals surface area contributed by atoms with Crippen LogP contribution in [-0.2, 0) is 14.3 Å². The van der Waals surface area contributed by atoms with E-state index in [1.807, 2.05) is 6.92 Å². The van der Waals surface area contributed by atoms with Gasteiger partial charge in [-0.3, -0.25) is 9.59 Å². The first-order valence-electron chi connectivity index (χ1n) is 9.71. The third kappa shape index (κ3) is 3.34. The lowest BCUT2D eigenvalue weighted by atomic mass is 9.62.